The van der Waals surface area contributed by atoms with Crippen LogP contribution < -0.4 is 10.1 Å². The first-order chi connectivity index (χ1) is 12.3. The van der Waals surface area contributed by atoms with Crippen molar-refractivity contribution in [3.63, 3.8) is 0 Å². The van der Waals surface area contributed by atoms with E-state index in [0.29, 0.717) is 11.3 Å². The molecule has 0 atom stereocenters. The lowest BCUT2D eigenvalue weighted by Gasteiger charge is -2.20. The van der Waals surface area contributed by atoms with Crippen LogP contribution in [0, 0.1) is 11.3 Å². The average molecular weight is 363 g/mol. The Morgan fingerprint density at radius 2 is 1.85 bits per heavy atom. The number of para-hydroxylation sites is 1. The maximum Gasteiger partial charge on any atom is 0.573 e. The van der Waals surface area contributed by atoms with Crippen LogP contribution in [0.1, 0.15) is 11.1 Å². The highest BCUT2D eigenvalue weighted by Gasteiger charge is 2.32. The van der Waals surface area contributed by atoms with Gasteiger partial charge in [-0.2, -0.15) is 5.26 Å². The quantitative estimate of drug-likeness (QED) is 0.853. The van der Waals surface area contributed by atoms with Crippen LogP contribution in [0.4, 0.5) is 18.9 Å². The Kier molecular flexibility index (Phi) is 6.07. The molecule has 0 saturated carbocycles. The summed E-state index contributed by atoms with van der Waals surface area (Å²) in [6, 6.07) is 14.2. The summed E-state index contributed by atoms with van der Waals surface area (Å²) in [5, 5.41) is 11.6. The molecule has 0 aliphatic rings. The SMILES string of the molecule is CN(Cc1ccccc1OC(F)(F)F)C(=O)CNc1ccc(C#N)cc1. The Balaban J connectivity index is 1.95. The van der Waals surface area contributed by atoms with Crippen LogP contribution in [0.3, 0.4) is 0 Å². The highest BCUT2D eigenvalue weighted by Crippen LogP contribution is 2.26. The van der Waals surface area contributed by atoms with E-state index in [9.17, 15) is 18.0 Å². The monoisotopic (exact) mass is 363 g/mol. The minimum atomic E-state index is -4.80. The van der Waals surface area contributed by atoms with Crippen molar-refractivity contribution in [2.45, 2.75) is 12.9 Å². The van der Waals surface area contributed by atoms with Gasteiger partial charge in [-0.3, -0.25) is 4.79 Å². The molecule has 2 rings (SSSR count). The number of anilines is 1. The lowest BCUT2D eigenvalue weighted by atomic mass is 10.2. The number of halogens is 3. The van der Waals surface area contributed by atoms with Crippen molar-refractivity contribution in [1.29, 1.82) is 5.26 Å². The van der Waals surface area contributed by atoms with E-state index >= 15 is 0 Å². The van der Waals surface area contributed by atoms with E-state index in [1.54, 1.807) is 30.3 Å². The predicted molar refractivity (Wildman–Crippen MR) is 89.2 cm³/mol. The van der Waals surface area contributed by atoms with Gasteiger partial charge in [-0.15, -0.1) is 13.2 Å². The number of hydrogen-bond donors (Lipinski definition) is 1. The molecule has 0 bridgehead atoms. The zero-order chi connectivity index (χ0) is 19.2. The molecule has 1 amide bonds. The molecule has 0 aliphatic carbocycles. The van der Waals surface area contributed by atoms with Crippen LogP contribution in [0.15, 0.2) is 48.5 Å². The molecule has 0 saturated heterocycles. The van der Waals surface area contributed by atoms with E-state index in [4.69, 9.17) is 5.26 Å². The normalized spacial score (nSPS) is 10.7. The minimum absolute atomic E-state index is 0.0276. The molecule has 0 heterocycles. The van der Waals surface area contributed by atoms with E-state index in [-0.39, 0.29) is 30.3 Å². The first kappa shape index (κ1) is 19.1. The maximum absolute atomic E-state index is 12.4. The minimum Gasteiger partial charge on any atom is -0.405 e. The third kappa shape index (κ3) is 5.70. The van der Waals surface area contributed by atoms with Gasteiger partial charge in [0.25, 0.3) is 0 Å². The molecule has 0 aromatic heterocycles. The number of likely N-dealkylation sites (N-methyl/N-ethyl adjacent to an activating group) is 1. The highest BCUT2D eigenvalue weighted by atomic mass is 19.4. The predicted octanol–water partition coefficient (Wildman–Crippen LogP) is 3.53. The number of hydrogen-bond acceptors (Lipinski definition) is 4. The number of amides is 1. The summed E-state index contributed by atoms with van der Waals surface area (Å²) >= 11 is 0. The van der Waals surface area contributed by atoms with E-state index in [1.807, 2.05) is 6.07 Å². The van der Waals surface area contributed by atoms with Crippen LogP contribution in [0.5, 0.6) is 5.75 Å². The van der Waals surface area contributed by atoms with Crippen molar-refractivity contribution in [2.75, 3.05) is 18.9 Å². The van der Waals surface area contributed by atoms with Gasteiger partial charge in [0.05, 0.1) is 18.2 Å². The molecule has 0 radical (unpaired) electrons. The van der Waals surface area contributed by atoms with Gasteiger partial charge in [0.15, 0.2) is 0 Å². The van der Waals surface area contributed by atoms with Gasteiger partial charge >= 0.3 is 6.36 Å². The third-order valence-corrected chi connectivity index (χ3v) is 3.49. The molecule has 26 heavy (non-hydrogen) atoms. The van der Waals surface area contributed by atoms with Crippen molar-refractivity contribution in [3.8, 4) is 11.8 Å². The maximum atomic E-state index is 12.4. The second kappa shape index (κ2) is 8.25. The summed E-state index contributed by atoms with van der Waals surface area (Å²) in [7, 11) is 1.49. The van der Waals surface area contributed by atoms with E-state index in [1.165, 1.54) is 30.1 Å². The standard InChI is InChI=1S/C18H16F3N3O2/c1-24(12-14-4-2-3-5-16(14)26-18(19,20)21)17(25)11-23-15-8-6-13(10-22)7-9-15/h2-9,23H,11-12H2,1H3. The van der Waals surface area contributed by atoms with E-state index < -0.39 is 6.36 Å². The molecule has 1 N–H and O–H groups in total. The second-order valence-electron chi connectivity index (χ2n) is 5.45. The van der Waals surface area contributed by atoms with E-state index in [2.05, 4.69) is 10.1 Å². The summed E-state index contributed by atoms with van der Waals surface area (Å²) in [5.41, 5.74) is 1.41. The van der Waals surface area contributed by atoms with Gasteiger partial charge in [0.2, 0.25) is 5.91 Å². The van der Waals surface area contributed by atoms with Gasteiger partial charge in [-0.25, -0.2) is 0 Å². The summed E-state index contributed by atoms with van der Waals surface area (Å²) in [6.45, 7) is -0.0647. The zero-order valence-corrected chi connectivity index (χ0v) is 13.9. The molecule has 0 unspecified atom stereocenters. The number of ether oxygens (including phenoxy) is 1. The summed E-state index contributed by atoms with van der Waals surface area (Å²) in [6.07, 6.45) is -4.80. The van der Waals surface area contributed by atoms with Crippen molar-refractivity contribution < 1.29 is 22.7 Å². The number of carbonyl (C=O) groups is 1. The lowest BCUT2D eigenvalue weighted by molar-refractivity contribution is -0.275. The number of nitrogens with one attached hydrogen (secondary N) is 1. The fraction of sp³-hybridized carbons (Fsp3) is 0.222. The van der Waals surface area contributed by atoms with Gasteiger partial charge in [-0.05, 0) is 30.3 Å². The van der Waals surface area contributed by atoms with Gasteiger partial charge in [-0.1, -0.05) is 18.2 Å². The van der Waals surface area contributed by atoms with Crippen LogP contribution in [0.25, 0.3) is 0 Å². The van der Waals surface area contributed by atoms with Gasteiger partial charge in [0.1, 0.15) is 5.75 Å². The summed E-state index contributed by atoms with van der Waals surface area (Å²) in [4.78, 5) is 13.5. The molecule has 8 heteroatoms. The number of nitriles is 1. The molecule has 0 spiro atoms. The molecule has 2 aromatic rings. The smallest absolute Gasteiger partial charge is 0.405 e. The van der Waals surface area contributed by atoms with Gasteiger partial charge < -0.3 is 15.0 Å². The van der Waals surface area contributed by atoms with Crippen molar-refractivity contribution in [1.82, 2.24) is 4.90 Å². The van der Waals surface area contributed by atoms with Crippen LogP contribution in [-0.2, 0) is 11.3 Å². The van der Waals surface area contributed by atoms with Crippen LogP contribution in [-0.4, -0.2) is 30.8 Å². The van der Waals surface area contributed by atoms with Crippen molar-refractivity contribution in [3.05, 3.63) is 59.7 Å². The fourth-order valence-electron chi connectivity index (χ4n) is 2.18. The molecule has 2 aromatic carbocycles. The number of rotatable bonds is 6. The second-order valence-corrected chi connectivity index (χ2v) is 5.45. The lowest BCUT2D eigenvalue weighted by Crippen LogP contribution is -2.32. The molecular formula is C18H16F3N3O2. The summed E-state index contributed by atoms with van der Waals surface area (Å²) in [5.74, 6) is -0.643. The highest BCUT2D eigenvalue weighted by molar-refractivity contribution is 5.80. The molecule has 5 nitrogen and oxygen atoms in total. The number of benzene rings is 2. The number of carbonyl (C=O) groups excluding carboxylic acids is 1. The van der Waals surface area contributed by atoms with Crippen LogP contribution in [0.2, 0.25) is 0 Å². The van der Waals surface area contributed by atoms with E-state index in [0.717, 1.165) is 0 Å². The Hall–Kier alpha value is -3.21. The Bertz CT molecular complexity index is 799. The average Bonchev–Trinajstić information content (AvgIpc) is 2.60. The molecule has 136 valence electrons. The number of nitrogens with zero attached hydrogens (tertiary/aromatic N) is 2. The fourth-order valence-corrected chi connectivity index (χ4v) is 2.18. The summed E-state index contributed by atoms with van der Waals surface area (Å²) < 4.78 is 41.3. The molecule has 0 aliphatic heterocycles. The molecule has 0 fully saturated rings. The zero-order valence-electron chi connectivity index (χ0n) is 13.9. The molecular weight excluding hydrogens is 347 g/mol. The largest absolute Gasteiger partial charge is 0.573 e. The first-order valence-electron chi connectivity index (χ1n) is 7.60. The van der Waals surface area contributed by atoms with Crippen LogP contribution >= 0.6 is 0 Å². The number of alkyl halides is 3. The third-order valence-electron chi connectivity index (χ3n) is 3.49. The Labute approximate surface area is 148 Å². The van der Waals surface area contributed by atoms with Crippen molar-refractivity contribution >= 4 is 11.6 Å². The topological polar surface area (TPSA) is 65.4 Å². The van der Waals surface area contributed by atoms with Gasteiger partial charge in [0, 0.05) is 24.8 Å². The van der Waals surface area contributed by atoms with Crippen molar-refractivity contribution in [2.24, 2.45) is 0 Å². The first-order valence-corrected chi connectivity index (χ1v) is 7.60. The Morgan fingerprint density at radius 3 is 2.46 bits per heavy atom. The Morgan fingerprint density at radius 1 is 1.19 bits per heavy atom.